The Kier molecular flexibility index (Phi) is 5.66. The van der Waals surface area contributed by atoms with Gasteiger partial charge in [-0.25, -0.2) is 0 Å². The molecule has 196 valence electrons. The molecule has 6 heteroatoms. The van der Waals surface area contributed by atoms with Crippen molar-refractivity contribution in [3.63, 3.8) is 0 Å². The number of hydrogen-bond donors (Lipinski definition) is 0. The molecule has 0 saturated heterocycles. The second-order valence-electron chi connectivity index (χ2n) is 13.0. The van der Waals surface area contributed by atoms with Crippen LogP contribution in [0, 0.1) is 33.5 Å². The van der Waals surface area contributed by atoms with Gasteiger partial charge in [-0.15, -0.1) is 0 Å². The minimum absolute atomic E-state index is 0.127. The summed E-state index contributed by atoms with van der Waals surface area (Å²) in [5.41, 5.74) is 0.887. The fourth-order valence-electron chi connectivity index (χ4n) is 9.58. The molecule has 1 heterocycles. The van der Waals surface area contributed by atoms with E-state index in [4.69, 9.17) is 13.9 Å². The average molecular weight is 497 g/mol. The molecule has 5 rings (SSSR count). The Morgan fingerprint density at radius 1 is 1.03 bits per heavy atom. The Morgan fingerprint density at radius 3 is 2.33 bits per heavy atom. The lowest BCUT2D eigenvalue weighted by Crippen LogP contribution is -2.71. The molecule has 6 nitrogen and oxygen atoms in total. The smallest absolute Gasteiger partial charge is 0.303 e. The van der Waals surface area contributed by atoms with Crippen molar-refractivity contribution >= 4 is 17.7 Å². The molecule has 0 aliphatic heterocycles. The molecule has 1 aromatic heterocycles. The summed E-state index contributed by atoms with van der Waals surface area (Å²) >= 11 is 0. The maximum absolute atomic E-state index is 13.3. The molecule has 0 amide bonds. The van der Waals surface area contributed by atoms with Gasteiger partial charge in [0, 0.05) is 37.0 Å². The number of esters is 2. The van der Waals surface area contributed by atoms with Crippen molar-refractivity contribution in [3.8, 4) is 0 Å². The summed E-state index contributed by atoms with van der Waals surface area (Å²) < 4.78 is 17.8. The average Bonchev–Trinajstić information content (AvgIpc) is 3.41. The number of carbonyl (C=O) groups is 3. The van der Waals surface area contributed by atoms with Crippen molar-refractivity contribution in [2.24, 2.45) is 33.5 Å². The lowest BCUT2D eigenvalue weighted by molar-refractivity contribution is -0.252. The SMILES string of the molecule is CC(=O)OC1C2C(C)(C)C(=O)CCC2(C)C2CCC3(C)C(=CCC3c3ccoc3)C2(C)C1OC(C)=O. The highest BCUT2D eigenvalue weighted by Gasteiger charge is 2.73. The normalized spacial score (nSPS) is 43.0. The number of ether oxygens (including phenoxy) is 2. The first-order chi connectivity index (χ1) is 16.8. The summed E-state index contributed by atoms with van der Waals surface area (Å²) in [7, 11) is 0. The van der Waals surface area contributed by atoms with E-state index in [0.29, 0.717) is 6.42 Å². The molecule has 1 aromatic rings. The third-order valence-electron chi connectivity index (χ3n) is 10.9. The first-order valence-corrected chi connectivity index (χ1v) is 13.4. The van der Waals surface area contributed by atoms with Crippen molar-refractivity contribution in [3.05, 3.63) is 35.8 Å². The molecule has 0 spiro atoms. The Labute approximate surface area is 214 Å². The lowest BCUT2D eigenvalue weighted by Gasteiger charge is -2.69. The number of furan rings is 1. The van der Waals surface area contributed by atoms with E-state index in [1.807, 2.05) is 20.1 Å². The number of allylic oxidation sites excluding steroid dienone is 1. The monoisotopic (exact) mass is 496 g/mol. The van der Waals surface area contributed by atoms with Crippen molar-refractivity contribution in [2.45, 2.75) is 98.7 Å². The van der Waals surface area contributed by atoms with Crippen LogP contribution >= 0.6 is 0 Å². The van der Waals surface area contributed by atoms with E-state index in [9.17, 15) is 14.4 Å². The summed E-state index contributed by atoms with van der Waals surface area (Å²) in [4.78, 5) is 38.3. The van der Waals surface area contributed by atoms with Crippen LogP contribution in [0.25, 0.3) is 0 Å². The summed E-state index contributed by atoms with van der Waals surface area (Å²) in [6, 6.07) is 2.06. The third kappa shape index (κ3) is 3.24. The van der Waals surface area contributed by atoms with Crippen LogP contribution in [0.1, 0.15) is 92.1 Å². The molecule has 8 atom stereocenters. The molecular formula is C30H40O6. The maximum Gasteiger partial charge on any atom is 0.303 e. The Hall–Kier alpha value is -2.37. The molecule has 4 aliphatic rings. The second-order valence-corrected chi connectivity index (χ2v) is 13.0. The van der Waals surface area contributed by atoms with Crippen molar-refractivity contribution in [1.29, 1.82) is 0 Å². The van der Waals surface area contributed by atoms with Gasteiger partial charge in [-0.2, -0.15) is 0 Å². The predicted octanol–water partition coefficient (Wildman–Crippen LogP) is 6.00. The van der Waals surface area contributed by atoms with Crippen LogP contribution in [0.4, 0.5) is 0 Å². The number of Topliss-reactive ketones (excluding diaryl/α,β-unsaturated/α-hetero) is 1. The zero-order valence-electron chi connectivity index (χ0n) is 22.7. The molecule has 3 saturated carbocycles. The summed E-state index contributed by atoms with van der Waals surface area (Å²) in [6.07, 6.45) is 8.70. The van der Waals surface area contributed by atoms with Gasteiger partial charge in [-0.3, -0.25) is 14.4 Å². The van der Waals surface area contributed by atoms with Gasteiger partial charge < -0.3 is 13.9 Å². The quantitative estimate of drug-likeness (QED) is 0.377. The van der Waals surface area contributed by atoms with E-state index in [-0.39, 0.29) is 34.4 Å². The number of hydrogen-bond acceptors (Lipinski definition) is 6. The summed E-state index contributed by atoms with van der Waals surface area (Å²) in [6.45, 7) is 13.7. The van der Waals surface area contributed by atoms with E-state index < -0.39 is 35.0 Å². The third-order valence-corrected chi connectivity index (χ3v) is 10.9. The van der Waals surface area contributed by atoms with E-state index in [1.165, 1.54) is 25.0 Å². The van der Waals surface area contributed by atoms with E-state index in [0.717, 1.165) is 25.7 Å². The molecule has 3 fully saturated rings. The van der Waals surface area contributed by atoms with Crippen LogP contribution in [0.3, 0.4) is 0 Å². The summed E-state index contributed by atoms with van der Waals surface area (Å²) in [5.74, 6) is -0.393. The fourth-order valence-corrected chi connectivity index (χ4v) is 9.58. The van der Waals surface area contributed by atoms with Gasteiger partial charge in [0.1, 0.15) is 18.0 Å². The molecule has 0 bridgehead atoms. The van der Waals surface area contributed by atoms with Crippen molar-refractivity contribution in [1.82, 2.24) is 0 Å². The first-order valence-electron chi connectivity index (χ1n) is 13.4. The topological polar surface area (TPSA) is 82.8 Å². The molecule has 0 aromatic carbocycles. The van der Waals surface area contributed by atoms with Crippen LogP contribution in [0.5, 0.6) is 0 Å². The molecule has 0 N–H and O–H groups in total. The standard InChI is InChI=1S/C30H40O6/c1-17(31)35-24-25-27(3,4)23(33)11-14-29(25,6)22-10-13-28(5)20(19-12-15-34-16-19)8-9-21(28)30(22,7)26(24)36-18(2)32/h9,12,15-16,20,22,24-26H,8,10-11,13-14H2,1-7H3. The van der Waals surface area contributed by atoms with Crippen LogP contribution in [0.2, 0.25) is 0 Å². The minimum Gasteiger partial charge on any atom is -0.472 e. The Morgan fingerprint density at radius 2 is 1.72 bits per heavy atom. The van der Waals surface area contributed by atoms with Crippen molar-refractivity contribution < 1.29 is 28.3 Å². The minimum atomic E-state index is -0.701. The predicted molar refractivity (Wildman–Crippen MR) is 134 cm³/mol. The van der Waals surface area contributed by atoms with Crippen LogP contribution in [-0.2, 0) is 23.9 Å². The highest BCUT2D eigenvalue weighted by molar-refractivity contribution is 5.86. The highest BCUT2D eigenvalue weighted by Crippen LogP contribution is 2.74. The maximum atomic E-state index is 13.3. The number of ketones is 1. The van der Waals surface area contributed by atoms with Crippen LogP contribution in [-0.4, -0.2) is 29.9 Å². The highest BCUT2D eigenvalue weighted by atomic mass is 16.6. The van der Waals surface area contributed by atoms with Gasteiger partial charge in [-0.05, 0) is 60.0 Å². The van der Waals surface area contributed by atoms with Gasteiger partial charge >= 0.3 is 11.9 Å². The van der Waals surface area contributed by atoms with Gasteiger partial charge in [-0.1, -0.05) is 46.3 Å². The van der Waals surface area contributed by atoms with E-state index in [2.05, 4.69) is 32.9 Å². The largest absolute Gasteiger partial charge is 0.472 e. The Balaban J connectivity index is 1.71. The van der Waals surface area contributed by atoms with Gasteiger partial charge in [0.2, 0.25) is 0 Å². The Bertz CT molecular complexity index is 1110. The number of fused-ring (bicyclic) bond motifs is 5. The molecular weight excluding hydrogens is 456 g/mol. The van der Waals surface area contributed by atoms with E-state index in [1.54, 1.807) is 6.26 Å². The van der Waals surface area contributed by atoms with Crippen molar-refractivity contribution in [2.75, 3.05) is 0 Å². The first kappa shape index (κ1) is 25.3. The number of rotatable bonds is 3. The molecule has 4 aliphatic carbocycles. The zero-order chi connectivity index (χ0) is 26.3. The second kappa shape index (κ2) is 8.06. The summed E-state index contributed by atoms with van der Waals surface area (Å²) in [5, 5.41) is 0. The fraction of sp³-hybridized carbons (Fsp3) is 0.700. The molecule has 0 radical (unpaired) electrons. The molecule has 36 heavy (non-hydrogen) atoms. The number of carbonyl (C=O) groups excluding carboxylic acids is 3. The van der Waals surface area contributed by atoms with Gasteiger partial charge in [0.15, 0.2) is 0 Å². The van der Waals surface area contributed by atoms with Crippen LogP contribution < -0.4 is 0 Å². The van der Waals surface area contributed by atoms with Gasteiger partial charge in [0.25, 0.3) is 0 Å². The molecule has 8 unspecified atom stereocenters. The van der Waals surface area contributed by atoms with Gasteiger partial charge in [0.05, 0.1) is 12.5 Å². The zero-order valence-corrected chi connectivity index (χ0v) is 22.7. The van der Waals surface area contributed by atoms with E-state index >= 15 is 0 Å². The lowest BCUT2D eigenvalue weighted by atomic mass is 9.36. The van der Waals surface area contributed by atoms with Crippen LogP contribution in [0.15, 0.2) is 34.7 Å².